The molecule has 1 rings (SSSR count). The second kappa shape index (κ2) is 9.74. The third kappa shape index (κ3) is 6.44. The van der Waals surface area contributed by atoms with Gasteiger partial charge in [0.2, 0.25) is 5.90 Å². The Kier molecular flexibility index (Phi) is 7.59. The predicted molar refractivity (Wildman–Crippen MR) is 91.8 cm³/mol. The first-order chi connectivity index (χ1) is 11.1. The van der Waals surface area contributed by atoms with Gasteiger partial charge in [0.25, 0.3) is 0 Å². The van der Waals surface area contributed by atoms with Crippen molar-refractivity contribution in [2.45, 2.75) is 13.3 Å². The molecule has 0 fully saturated rings. The van der Waals surface area contributed by atoms with E-state index < -0.39 is 5.97 Å². The molecular formula is C18H18N2O3. The highest BCUT2D eigenvalue weighted by Gasteiger charge is 2.05. The standard InChI is InChI=1S/C18H18N2O3/c1-4-6-7-14(5-2)13-20-23-17(19-3)12-15-8-10-16(11-9-15)18(21)22/h1,5-11,13H,12H2,2-3H3,(H,21,22)/b7-6-,14-5+,19-17?,20-13+. The van der Waals surface area contributed by atoms with Crippen LogP contribution in [0.3, 0.4) is 0 Å². The fourth-order valence-corrected chi connectivity index (χ4v) is 1.60. The van der Waals surface area contributed by atoms with Crippen molar-refractivity contribution in [2.75, 3.05) is 7.05 Å². The minimum atomic E-state index is -0.958. The maximum atomic E-state index is 10.8. The van der Waals surface area contributed by atoms with Crippen LogP contribution in [0.1, 0.15) is 22.8 Å². The van der Waals surface area contributed by atoms with Gasteiger partial charge in [-0.1, -0.05) is 29.3 Å². The van der Waals surface area contributed by atoms with Crippen LogP contribution in [0.5, 0.6) is 0 Å². The number of allylic oxidation sites excluding steroid dienone is 4. The van der Waals surface area contributed by atoms with E-state index in [0.29, 0.717) is 12.3 Å². The number of carbonyl (C=O) groups is 1. The molecule has 1 aromatic rings. The minimum absolute atomic E-state index is 0.237. The van der Waals surface area contributed by atoms with Crippen molar-refractivity contribution in [3.05, 3.63) is 59.2 Å². The number of rotatable bonds is 6. The average molecular weight is 310 g/mol. The zero-order valence-corrected chi connectivity index (χ0v) is 13.1. The van der Waals surface area contributed by atoms with Crippen LogP contribution in [-0.4, -0.2) is 30.2 Å². The van der Waals surface area contributed by atoms with Crippen LogP contribution in [0.2, 0.25) is 0 Å². The van der Waals surface area contributed by atoms with Gasteiger partial charge >= 0.3 is 5.97 Å². The van der Waals surface area contributed by atoms with Crippen molar-refractivity contribution in [3.8, 4) is 12.3 Å². The Hall–Kier alpha value is -3.13. The van der Waals surface area contributed by atoms with E-state index in [1.807, 2.05) is 13.0 Å². The van der Waals surface area contributed by atoms with Crippen LogP contribution in [0.15, 0.2) is 58.2 Å². The lowest BCUT2D eigenvalue weighted by molar-refractivity contribution is 0.0697. The van der Waals surface area contributed by atoms with Crippen molar-refractivity contribution >= 4 is 18.1 Å². The van der Waals surface area contributed by atoms with Crippen LogP contribution >= 0.6 is 0 Å². The quantitative estimate of drug-likeness (QED) is 0.288. The predicted octanol–water partition coefficient (Wildman–Crippen LogP) is 3.09. The number of benzene rings is 1. The van der Waals surface area contributed by atoms with E-state index >= 15 is 0 Å². The molecule has 0 aliphatic rings. The molecule has 118 valence electrons. The maximum absolute atomic E-state index is 10.8. The summed E-state index contributed by atoms with van der Waals surface area (Å²) in [6.07, 6.45) is 12.2. The monoisotopic (exact) mass is 310 g/mol. The van der Waals surface area contributed by atoms with E-state index in [2.05, 4.69) is 16.1 Å². The SMILES string of the molecule is C#C\C=C/C(/C=N/OC(Cc1ccc(C(=O)O)cc1)=NC)=C\C. The van der Waals surface area contributed by atoms with Crippen molar-refractivity contribution < 1.29 is 14.7 Å². The third-order valence-corrected chi connectivity index (χ3v) is 2.87. The topological polar surface area (TPSA) is 71.2 Å². The molecule has 0 unspecified atom stereocenters. The van der Waals surface area contributed by atoms with Gasteiger partial charge in [0.05, 0.1) is 18.2 Å². The van der Waals surface area contributed by atoms with Gasteiger partial charge in [0.1, 0.15) is 0 Å². The number of carboxylic acid groups (broad SMARTS) is 1. The zero-order valence-electron chi connectivity index (χ0n) is 13.1. The number of hydrogen-bond acceptors (Lipinski definition) is 4. The second-order valence-electron chi connectivity index (χ2n) is 4.41. The molecule has 0 aromatic heterocycles. The fraction of sp³-hybridized carbons (Fsp3) is 0.167. The van der Waals surface area contributed by atoms with Crippen molar-refractivity contribution in [2.24, 2.45) is 10.1 Å². The highest BCUT2D eigenvalue weighted by atomic mass is 16.6. The number of aliphatic imine (C=N–C) groups is 1. The summed E-state index contributed by atoms with van der Waals surface area (Å²) in [5.74, 6) is 1.86. The van der Waals surface area contributed by atoms with Gasteiger partial charge < -0.3 is 9.94 Å². The Bertz CT molecular complexity index is 690. The lowest BCUT2D eigenvalue weighted by Crippen LogP contribution is -2.06. The van der Waals surface area contributed by atoms with Crippen LogP contribution in [0.25, 0.3) is 0 Å². The molecule has 23 heavy (non-hydrogen) atoms. The number of terminal acetylenes is 1. The molecule has 5 nitrogen and oxygen atoms in total. The van der Waals surface area contributed by atoms with Gasteiger partial charge in [-0.2, -0.15) is 0 Å². The van der Waals surface area contributed by atoms with Crippen LogP contribution in [0, 0.1) is 12.3 Å². The van der Waals surface area contributed by atoms with E-state index in [1.165, 1.54) is 18.3 Å². The first-order valence-corrected chi connectivity index (χ1v) is 6.88. The molecule has 0 aliphatic heterocycles. The lowest BCUT2D eigenvalue weighted by atomic mass is 10.1. The largest absolute Gasteiger partial charge is 0.478 e. The Morgan fingerprint density at radius 2 is 2.09 bits per heavy atom. The van der Waals surface area contributed by atoms with Gasteiger partial charge in [-0.05, 0) is 42.3 Å². The smallest absolute Gasteiger partial charge is 0.335 e. The normalized spacial score (nSPS) is 12.6. The number of oxime groups is 1. The van der Waals surface area contributed by atoms with Gasteiger partial charge in [-0.25, -0.2) is 4.79 Å². The van der Waals surface area contributed by atoms with E-state index in [1.54, 1.807) is 31.3 Å². The Labute approximate surface area is 135 Å². The molecule has 5 heteroatoms. The number of hydrogen-bond donors (Lipinski definition) is 1. The molecule has 0 saturated heterocycles. The Morgan fingerprint density at radius 3 is 2.61 bits per heavy atom. The van der Waals surface area contributed by atoms with Gasteiger partial charge in [0.15, 0.2) is 0 Å². The van der Waals surface area contributed by atoms with Crippen LogP contribution in [-0.2, 0) is 11.3 Å². The first-order valence-electron chi connectivity index (χ1n) is 6.88. The molecule has 0 heterocycles. The average Bonchev–Trinajstić information content (AvgIpc) is 2.57. The second-order valence-corrected chi connectivity index (χ2v) is 4.41. The number of carboxylic acids is 1. The number of nitrogens with zero attached hydrogens (tertiary/aromatic N) is 2. The summed E-state index contributed by atoms with van der Waals surface area (Å²) in [7, 11) is 1.60. The minimum Gasteiger partial charge on any atom is -0.478 e. The van der Waals surface area contributed by atoms with Gasteiger partial charge in [0, 0.05) is 7.05 Å². The summed E-state index contributed by atoms with van der Waals surface area (Å²) < 4.78 is 0. The van der Waals surface area contributed by atoms with Crippen molar-refractivity contribution in [1.29, 1.82) is 0 Å². The molecule has 0 bridgehead atoms. The van der Waals surface area contributed by atoms with Crippen molar-refractivity contribution in [1.82, 2.24) is 0 Å². The zero-order chi connectivity index (χ0) is 17.1. The Morgan fingerprint density at radius 1 is 1.39 bits per heavy atom. The molecule has 1 aromatic carbocycles. The molecule has 0 radical (unpaired) electrons. The summed E-state index contributed by atoms with van der Waals surface area (Å²) in [6, 6.07) is 6.51. The molecule has 0 aliphatic carbocycles. The summed E-state index contributed by atoms with van der Waals surface area (Å²) in [5.41, 5.74) is 1.93. The van der Waals surface area contributed by atoms with E-state index in [0.717, 1.165) is 11.1 Å². The number of aromatic carboxylic acids is 1. The van der Waals surface area contributed by atoms with Gasteiger partial charge in [-0.15, -0.1) is 6.42 Å². The first kappa shape index (κ1) is 17.9. The Balaban J connectivity index is 2.66. The van der Waals surface area contributed by atoms with Crippen LogP contribution < -0.4 is 0 Å². The van der Waals surface area contributed by atoms with Crippen LogP contribution in [0.4, 0.5) is 0 Å². The summed E-state index contributed by atoms with van der Waals surface area (Å²) in [5, 5.41) is 12.7. The summed E-state index contributed by atoms with van der Waals surface area (Å²) in [4.78, 5) is 20.1. The lowest BCUT2D eigenvalue weighted by Gasteiger charge is -2.04. The highest BCUT2D eigenvalue weighted by Crippen LogP contribution is 2.07. The molecular weight excluding hydrogens is 292 g/mol. The molecule has 0 amide bonds. The van der Waals surface area contributed by atoms with E-state index in [4.69, 9.17) is 16.4 Å². The molecule has 1 N–H and O–H groups in total. The summed E-state index contributed by atoms with van der Waals surface area (Å²) in [6.45, 7) is 1.86. The van der Waals surface area contributed by atoms with Gasteiger partial charge in [-0.3, -0.25) is 4.99 Å². The van der Waals surface area contributed by atoms with Crippen molar-refractivity contribution in [3.63, 3.8) is 0 Å². The van der Waals surface area contributed by atoms with E-state index in [9.17, 15) is 4.79 Å². The molecule has 0 atom stereocenters. The third-order valence-electron chi connectivity index (χ3n) is 2.87. The molecule has 0 saturated carbocycles. The molecule has 0 spiro atoms. The maximum Gasteiger partial charge on any atom is 0.335 e. The highest BCUT2D eigenvalue weighted by molar-refractivity contribution is 5.88. The summed E-state index contributed by atoms with van der Waals surface area (Å²) >= 11 is 0. The van der Waals surface area contributed by atoms with E-state index in [-0.39, 0.29) is 5.56 Å². The fourth-order valence-electron chi connectivity index (χ4n) is 1.60.